The van der Waals surface area contributed by atoms with Crippen LogP contribution in [0.5, 0.6) is 0 Å². The average molecular weight is 188 g/mol. The van der Waals surface area contributed by atoms with Gasteiger partial charge in [0.25, 0.3) is 5.95 Å². The van der Waals surface area contributed by atoms with Crippen LogP contribution in [-0.4, -0.2) is 41.4 Å². The van der Waals surface area contributed by atoms with Crippen molar-refractivity contribution in [2.75, 3.05) is 6.61 Å². The van der Waals surface area contributed by atoms with Gasteiger partial charge in [-0.1, -0.05) is 0 Å². The quantitative estimate of drug-likeness (QED) is 0.556. The van der Waals surface area contributed by atoms with E-state index in [0.29, 0.717) is 6.61 Å². The second-order valence-electron chi connectivity index (χ2n) is 3.15. The fourth-order valence-electron chi connectivity index (χ4n) is 1.51. The van der Waals surface area contributed by atoms with E-state index in [9.17, 15) is 5.11 Å². The predicted molar refractivity (Wildman–Crippen MR) is 41.9 cm³/mol. The Labute approximate surface area is 75.5 Å². The number of rotatable bonds is 0. The third-order valence-corrected chi connectivity index (χ3v) is 2.13. The minimum absolute atomic E-state index is 0.268. The molecule has 0 radical (unpaired) electrons. The molecule has 4 atom stereocenters. The number of hydrogen-bond donors (Lipinski definition) is 2. The van der Waals surface area contributed by atoms with E-state index in [1.54, 1.807) is 6.92 Å². The maximum absolute atomic E-state index is 9.50. The molecule has 2 aliphatic heterocycles. The zero-order chi connectivity index (χ0) is 9.42. The topological polar surface area (TPSA) is 68.2 Å². The number of ether oxygens (including phenoxy) is 3. The summed E-state index contributed by atoms with van der Waals surface area (Å²) >= 11 is 0. The van der Waals surface area contributed by atoms with E-state index in [-0.39, 0.29) is 12.2 Å². The molecule has 0 aromatic heterocycles. The van der Waals surface area contributed by atoms with Crippen LogP contribution in [0.15, 0.2) is 12.0 Å². The lowest BCUT2D eigenvalue weighted by Crippen LogP contribution is -2.51. The first-order chi connectivity index (χ1) is 6.16. The molecule has 2 aliphatic rings. The minimum atomic E-state index is -0.829. The van der Waals surface area contributed by atoms with E-state index in [0.717, 1.165) is 0 Å². The molecule has 2 N–H and O–H groups in total. The van der Waals surface area contributed by atoms with Crippen LogP contribution in [0, 0.1) is 0 Å². The summed E-state index contributed by atoms with van der Waals surface area (Å²) < 4.78 is 15.5. The first-order valence-corrected chi connectivity index (χ1v) is 4.19. The minimum Gasteiger partial charge on any atom is -0.481 e. The first-order valence-electron chi connectivity index (χ1n) is 4.19. The molecule has 5 nitrogen and oxygen atoms in total. The van der Waals surface area contributed by atoms with Gasteiger partial charge >= 0.3 is 0 Å². The average Bonchev–Trinajstić information content (AvgIpc) is 2.06. The van der Waals surface area contributed by atoms with Crippen molar-refractivity contribution in [3.63, 3.8) is 0 Å². The van der Waals surface area contributed by atoms with E-state index >= 15 is 0 Å². The zero-order valence-electron chi connectivity index (χ0n) is 7.21. The highest BCUT2D eigenvalue weighted by molar-refractivity contribution is 5.02. The molecule has 4 unspecified atom stereocenters. The van der Waals surface area contributed by atoms with Crippen LogP contribution in [0.2, 0.25) is 0 Å². The molecule has 2 heterocycles. The molecule has 0 bridgehead atoms. The molecule has 0 aliphatic carbocycles. The smallest absolute Gasteiger partial charge is 0.275 e. The van der Waals surface area contributed by atoms with Gasteiger partial charge in [0.1, 0.15) is 12.2 Å². The van der Waals surface area contributed by atoms with Gasteiger partial charge in [0, 0.05) is 6.08 Å². The lowest BCUT2D eigenvalue weighted by atomic mass is 10.1. The zero-order valence-corrected chi connectivity index (χ0v) is 7.21. The molecular weight excluding hydrogens is 176 g/mol. The Morgan fingerprint density at radius 2 is 2.31 bits per heavy atom. The Kier molecular flexibility index (Phi) is 2.15. The van der Waals surface area contributed by atoms with Gasteiger partial charge in [-0.15, -0.1) is 0 Å². The standard InChI is InChI=1S/C8H12O5/c1-4-11-3-6-8(12-4)5(9)2-7(10)13-6/h2,4-6,8-10H,3H2,1H3. The second kappa shape index (κ2) is 3.17. The van der Waals surface area contributed by atoms with Gasteiger partial charge in [-0.05, 0) is 6.92 Å². The number of aliphatic hydroxyl groups is 2. The fourth-order valence-corrected chi connectivity index (χ4v) is 1.51. The van der Waals surface area contributed by atoms with Crippen molar-refractivity contribution in [1.82, 2.24) is 0 Å². The summed E-state index contributed by atoms with van der Waals surface area (Å²) in [5.41, 5.74) is 0. The van der Waals surface area contributed by atoms with Crippen molar-refractivity contribution in [1.29, 1.82) is 0 Å². The lowest BCUT2D eigenvalue weighted by molar-refractivity contribution is -0.274. The van der Waals surface area contributed by atoms with Crippen molar-refractivity contribution < 1.29 is 24.4 Å². The van der Waals surface area contributed by atoms with E-state index in [1.807, 2.05) is 0 Å². The Morgan fingerprint density at radius 1 is 1.54 bits per heavy atom. The molecule has 1 saturated heterocycles. The van der Waals surface area contributed by atoms with Crippen molar-refractivity contribution in [2.24, 2.45) is 0 Å². The maximum Gasteiger partial charge on any atom is 0.275 e. The van der Waals surface area contributed by atoms with E-state index < -0.39 is 18.3 Å². The van der Waals surface area contributed by atoms with E-state index in [1.165, 1.54) is 6.08 Å². The molecule has 0 aromatic rings. The van der Waals surface area contributed by atoms with Gasteiger partial charge in [-0.3, -0.25) is 0 Å². The molecule has 0 amide bonds. The second-order valence-corrected chi connectivity index (χ2v) is 3.15. The van der Waals surface area contributed by atoms with Crippen molar-refractivity contribution in [2.45, 2.75) is 31.5 Å². The molecular formula is C8H12O5. The molecule has 13 heavy (non-hydrogen) atoms. The van der Waals surface area contributed by atoms with Crippen molar-refractivity contribution in [3.8, 4) is 0 Å². The number of hydrogen-bond acceptors (Lipinski definition) is 5. The van der Waals surface area contributed by atoms with Gasteiger partial charge < -0.3 is 24.4 Å². The summed E-state index contributed by atoms with van der Waals surface area (Å²) in [6, 6.07) is 0. The summed E-state index contributed by atoms with van der Waals surface area (Å²) in [6.45, 7) is 2.07. The lowest BCUT2D eigenvalue weighted by Gasteiger charge is -2.38. The van der Waals surface area contributed by atoms with Crippen LogP contribution in [0.1, 0.15) is 6.92 Å². The summed E-state index contributed by atoms with van der Waals surface area (Å²) in [5.74, 6) is -0.268. The Morgan fingerprint density at radius 3 is 3.08 bits per heavy atom. The predicted octanol–water partition coefficient (Wildman–Crippen LogP) is -0.0931. The molecule has 0 spiro atoms. The fraction of sp³-hybridized carbons (Fsp3) is 0.750. The van der Waals surface area contributed by atoms with Crippen LogP contribution in [0.4, 0.5) is 0 Å². The summed E-state index contributed by atoms with van der Waals surface area (Å²) in [5, 5.41) is 18.5. The monoisotopic (exact) mass is 188 g/mol. The number of fused-ring (bicyclic) bond motifs is 1. The summed E-state index contributed by atoms with van der Waals surface area (Å²) in [4.78, 5) is 0. The molecule has 1 fully saturated rings. The molecule has 0 saturated carbocycles. The number of aliphatic hydroxyl groups excluding tert-OH is 2. The van der Waals surface area contributed by atoms with E-state index in [4.69, 9.17) is 19.3 Å². The largest absolute Gasteiger partial charge is 0.481 e. The summed E-state index contributed by atoms with van der Waals surface area (Å²) in [7, 11) is 0. The van der Waals surface area contributed by atoms with Crippen LogP contribution < -0.4 is 0 Å². The SMILES string of the molecule is CC1OCC2OC(O)=CC(O)C2O1. The first kappa shape index (κ1) is 8.80. The third-order valence-electron chi connectivity index (χ3n) is 2.13. The van der Waals surface area contributed by atoms with Gasteiger partial charge in [-0.2, -0.15) is 0 Å². The maximum atomic E-state index is 9.50. The van der Waals surface area contributed by atoms with Gasteiger partial charge in [0.2, 0.25) is 0 Å². The molecule has 5 heteroatoms. The van der Waals surface area contributed by atoms with E-state index in [2.05, 4.69) is 0 Å². The Bertz CT molecular complexity index is 227. The highest BCUT2D eigenvalue weighted by atomic mass is 16.7. The van der Waals surface area contributed by atoms with Crippen molar-refractivity contribution in [3.05, 3.63) is 12.0 Å². The summed E-state index contributed by atoms with van der Waals surface area (Å²) in [6.07, 6.45) is -0.812. The normalized spacial score (nSPS) is 44.6. The highest BCUT2D eigenvalue weighted by Gasteiger charge is 2.39. The van der Waals surface area contributed by atoms with Crippen LogP contribution >= 0.6 is 0 Å². The van der Waals surface area contributed by atoms with Gasteiger partial charge in [0.05, 0.1) is 6.61 Å². The van der Waals surface area contributed by atoms with Crippen LogP contribution in [0.3, 0.4) is 0 Å². The molecule has 74 valence electrons. The van der Waals surface area contributed by atoms with Crippen molar-refractivity contribution >= 4 is 0 Å². The molecule has 2 rings (SSSR count). The highest BCUT2D eigenvalue weighted by Crippen LogP contribution is 2.24. The van der Waals surface area contributed by atoms with Gasteiger partial charge in [-0.25, -0.2) is 0 Å². The third kappa shape index (κ3) is 1.63. The van der Waals surface area contributed by atoms with Gasteiger partial charge in [0.15, 0.2) is 12.4 Å². The Hall–Kier alpha value is -0.780. The Balaban J connectivity index is 2.11. The van der Waals surface area contributed by atoms with Crippen LogP contribution in [0.25, 0.3) is 0 Å². The molecule has 0 aromatic carbocycles. The van der Waals surface area contributed by atoms with Crippen LogP contribution in [-0.2, 0) is 14.2 Å².